The van der Waals surface area contributed by atoms with Gasteiger partial charge in [-0.1, -0.05) is 29.8 Å². The Balaban J connectivity index is 2.80. The first-order valence-electron chi connectivity index (χ1n) is 4.94. The molecule has 3 heteroatoms. The summed E-state index contributed by atoms with van der Waals surface area (Å²) >= 11 is 3.67. The molecule has 2 nitrogen and oxygen atoms in total. The van der Waals surface area contributed by atoms with Crippen LogP contribution in [0.5, 0.6) is 0 Å². The van der Waals surface area contributed by atoms with Gasteiger partial charge in [-0.2, -0.15) is 0 Å². The Hall–Kier alpha value is -0.440. The van der Waals surface area contributed by atoms with Gasteiger partial charge in [0.1, 0.15) is 0 Å². The number of hydrogen-bond donors (Lipinski definition) is 0. The summed E-state index contributed by atoms with van der Waals surface area (Å²) in [5.41, 5.74) is 3.15. The Morgan fingerprint density at radius 1 is 1.36 bits per heavy atom. The molecule has 0 bridgehead atoms. The monoisotopic (exact) mass is 256 g/mol. The molecule has 78 valence electrons. The lowest BCUT2D eigenvalue weighted by molar-refractivity contribution is 0.604. The lowest BCUT2D eigenvalue weighted by Crippen LogP contribution is -2.13. The molecular weight excluding hydrogens is 240 g/mol. The number of halogens is 1. The number of hydrogen-bond acceptors (Lipinski definition) is 2. The Labute approximate surface area is 94.3 Å². The predicted octanol–water partition coefficient (Wildman–Crippen LogP) is 3.06. The predicted molar refractivity (Wildman–Crippen MR) is 62.8 cm³/mol. The van der Waals surface area contributed by atoms with E-state index in [2.05, 4.69) is 39.7 Å². The summed E-state index contributed by atoms with van der Waals surface area (Å²) in [6.07, 6.45) is 2.77. The van der Waals surface area contributed by atoms with Crippen LogP contribution in [0.2, 0.25) is 0 Å². The smallest absolute Gasteiger partial charge is 0.0630 e. The number of nitrogens with zero attached hydrogens (tertiary/aromatic N) is 2. The first-order valence-corrected chi connectivity index (χ1v) is 5.85. The molecule has 0 amide bonds. The largest absolute Gasteiger partial charge is 0.258 e. The molecule has 1 aromatic heterocycles. The van der Waals surface area contributed by atoms with Gasteiger partial charge in [-0.05, 0) is 19.8 Å². The van der Waals surface area contributed by atoms with Gasteiger partial charge < -0.3 is 0 Å². The van der Waals surface area contributed by atoms with E-state index in [0.29, 0.717) is 10.7 Å². The molecule has 0 aliphatic heterocycles. The molecule has 14 heavy (non-hydrogen) atoms. The maximum Gasteiger partial charge on any atom is 0.0630 e. The van der Waals surface area contributed by atoms with E-state index in [1.54, 1.807) is 0 Å². The van der Waals surface area contributed by atoms with Crippen molar-refractivity contribution in [2.45, 2.75) is 38.9 Å². The molecule has 1 atom stereocenters. The normalized spacial score (nSPS) is 13.3. The zero-order chi connectivity index (χ0) is 10.7. The van der Waals surface area contributed by atoms with Crippen molar-refractivity contribution >= 4 is 15.9 Å². The first-order chi connectivity index (χ1) is 6.50. The highest BCUT2D eigenvalue weighted by Gasteiger charge is 2.12. The van der Waals surface area contributed by atoms with E-state index < -0.39 is 0 Å². The van der Waals surface area contributed by atoms with E-state index in [1.807, 2.05) is 20.0 Å². The van der Waals surface area contributed by atoms with Crippen LogP contribution >= 0.6 is 15.9 Å². The molecule has 0 spiro atoms. The van der Waals surface area contributed by atoms with Crippen molar-refractivity contribution in [1.82, 2.24) is 9.97 Å². The van der Waals surface area contributed by atoms with Gasteiger partial charge in [0, 0.05) is 17.4 Å². The van der Waals surface area contributed by atoms with Crippen LogP contribution in [0.4, 0.5) is 0 Å². The van der Waals surface area contributed by atoms with Gasteiger partial charge in [0.25, 0.3) is 0 Å². The van der Waals surface area contributed by atoms with E-state index in [1.165, 1.54) is 0 Å². The Bertz CT molecular complexity index is 310. The number of rotatable bonds is 3. The summed E-state index contributed by atoms with van der Waals surface area (Å²) in [6.45, 7) is 8.41. The molecule has 1 unspecified atom stereocenters. The highest BCUT2D eigenvalue weighted by Crippen LogP contribution is 2.18. The van der Waals surface area contributed by atoms with Crippen molar-refractivity contribution in [3.8, 4) is 0 Å². The molecule has 0 saturated carbocycles. The molecule has 0 aliphatic carbocycles. The average Bonchev–Trinajstić information content (AvgIpc) is 2.11. The molecule has 0 N–H and O–H groups in total. The van der Waals surface area contributed by atoms with E-state index in [-0.39, 0.29) is 0 Å². The Morgan fingerprint density at radius 3 is 2.57 bits per heavy atom. The minimum Gasteiger partial charge on any atom is -0.258 e. The maximum atomic E-state index is 4.50. The Morgan fingerprint density at radius 2 is 2.00 bits per heavy atom. The van der Waals surface area contributed by atoms with E-state index >= 15 is 0 Å². The van der Waals surface area contributed by atoms with Gasteiger partial charge in [-0.15, -0.1) is 0 Å². The van der Waals surface area contributed by atoms with E-state index in [4.69, 9.17) is 0 Å². The van der Waals surface area contributed by atoms with Crippen LogP contribution in [-0.4, -0.2) is 14.8 Å². The zero-order valence-corrected chi connectivity index (χ0v) is 10.8. The van der Waals surface area contributed by atoms with E-state index in [9.17, 15) is 0 Å². The van der Waals surface area contributed by atoms with Crippen LogP contribution in [0, 0.1) is 19.8 Å². The van der Waals surface area contributed by atoms with Crippen LogP contribution in [0.3, 0.4) is 0 Å². The van der Waals surface area contributed by atoms with Gasteiger partial charge in [0.15, 0.2) is 0 Å². The SMILES string of the molecule is Cc1cnc(C)c(CC(Br)C(C)C)n1. The summed E-state index contributed by atoms with van der Waals surface area (Å²) in [6, 6.07) is 0. The highest BCUT2D eigenvalue weighted by molar-refractivity contribution is 9.09. The van der Waals surface area contributed by atoms with Crippen LogP contribution in [0.25, 0.3) is 0 Å². The molecule has 0 saturated heterocycles. The fraction of sp³-hybridized carbons (Fsp3) is 0.636. The fourth-order valence-corrected chi connectivity index (χ4v) is 1.51. The maximum absolute atomic E-state index is 4.50. The molecule has 0 radical (unpaired) electrons. The minimum absolute atomic E-state index is 0.484. The average molecular weight is 257 g/mol. The molecule has 0 fully saturated rings. The standard InChI is InChI=1S/C11H17BrN2/c1-7(2)10(12)5-11-9(4)13-6-8(3)14-11/h6-7,10H,5H2,1-4H3. The first kappa shape index (κ1) is 11.6. The van der Waals surface area contributed by atoms with Crippen molar-refractivity contribution in [2.24, 2.45) is 5.92 Å². The quantitative estimate of drug-likeness (QED) is 0.778. The third-order valence-corrected chi connectivity index (χ3v) is 3.67. The van der Waals surface area contributed by atoms with E-state index in [0.717, 1.165) is 23.5 Å². The molecule has 1 heterocycles. The second kappa shape index (κ2) is 4.87. The molecule has 1 rings (SSSR count). The second-order valence-corrected chi connectivity index (χ2v) is 5.18. The van der Waals surface area contributed by atoms with Gasteiger partial charge >= 0.3 is 0 Å². The lowest BCUT2D eigenvalue weighted by Gasteiger charge is -2.14. The summed E-state index contributed by atoms with van der Waals surface area (Å²) in [7, 11) is 0. The fourth-order valence-electron chi connectivity index (χ4n) is 1.20. The second-order valence-electron chi connectivity index (χ2n) is 4.01. The third-order valence-electron chi connectivity index (χ3n) is 2.29. The topological polar surface area (TPSA) is 25.8 Å². The third kappa shape index (κ3) is 3.05. The van der Waals surface area contributed by atoms with Gasteiger partial charge in [0.05, 0.1) is 17.1 Å². The van der Waals surface area contributed by atoms with Crippen molar-refractivity contribution < 1.29 is 0 Å². The molecule has 1 aromatic rings. The zero-order valence-electron chi connectivity index (χ0n) is 9.21. The van der Waals surface area contributed by atoms with Crippen LogP contribution < -0.4 is 0 Å². The van der Waals surface area contributed by atoms with Gasteiger partial charge in [-0.25, -0.2) is 0 Å². The van der Waals surface area contributed by atoms with Crippen LogP contribution in [0.15, 0.2) is 6.20 Å². The number of aromatic nitrogens is 2. The summed E-state index contributed by atoms with van der Waals surface area (Å²) in [5, 5.41) is 0. The van der Waals surface area contributed by atoms with Crippen molar-refractivity contribution in [2.75, 3.05) is 0 Å². The highest BCUT2D eigenvalue weighted by atomic mass is 79.9. The van der Waals surface area contributed by atoms with Crippen molar-refractivity contribution in [1.29, 1.82) is 0 Å². The van der Waals surface area contributed by atoms with Crippen molar-refractivity contribution in [3.63, 3.8) is 0 Å². The molecule has 0 aromatic carbocycles. The molecule has 0 aliphatic rings. The van der Waals surface area contributed by atoms with Gasteiger partial charge in [0.2, 0.25) is 0 Å². The summed E-state index contributed by atoms with van der Waals surface area (Å²) in [5.74, 6) is 0.622. The minimum atomic E-state index is 0.484. The van der Waals surface area contributed by atoms with Crippen LogP contribution in [0.1, 0.15) is 30.9 Å². The number of aryl methyl sites for hydroxylation is 2. The number of alkyl halides is 1. The summed E-state index contributed by atoms with van der Waals surface area (Å²) < 4.78 is 0. The molecular formula is C11H17BrN2. The Kier molecular flexibility index (Phi) is 4.05. The van der Waals surface area contributed by atoms with Crippen molar-refractivity contribution in [3.05, 3.63) is 23.3 Å². The lowest BCUT2D eigenvalue weighted by atomic mass is 10.1. The van der Waals surface area contributed by atoms with Crippen LogP contribution in [-0.2, 0) is 6.42 Å². The van der Waals surface area contributed by atoms with Gasteiger partial charge in [-0.3, -0.25) is 9.97 Å². The summed E-state index contributed by atoms with van der Waals surface area (Å²) in [4.78, 5) is 9.29.